The second kappa shape index (κ2) is 5.49. The lowest BCUT2D eigenvalue weighted by Crippen LogP contribution is -2.10. The zero-order chi connectivity index (χ0) is 14.7. The highest BCUT2D eigenvalue weighted by Crippen LogP contribution is 2.28. The van der Waals surface area contributed by atoms with Crippen LogP contribution in [0.1, 0.15) is 5.56 Å². The van der Waals surface area contributed by atoms with Crippen molar-refractivity contribution in [3.8, 4) is 0 Å². The van der Waals surface area contributed by atoms with Crippen molar-refractivity contribution in [3.63, 3.8) is 0 Å². The Balaban J connectivity index is 2.45. The first-order valence-corrected chi connectivity index (χ1v) is 5.66. The Bertz CT molecular complexity index is 662. The molecule has 20 heavy (non-hydrogen) atoms. The minimum Gasteiger partial charge on any atom is -0.332 e. The Labute approximate surface area is 113 Å². The van der Waals surface area contributed by atoms with E-state index in [9.17, 15) is 14.5 Å². The lowest BCUT2D eigenvalue weighted by molar-refractivity contribution is -0.384. The summed E-state index contributed by atoms with van der Waals surface area (Å²) in [6.07, 6.45) is 0. The summed E-state index contributed by atoms with van der Waals surface area (Å²) >= 11 is 0. The van der Waals surface area contributed by atoms with E-state index in [1.165, 1.54) is 24.3 Å². The molecule has 0 atom stereocenters. The minimum atomic E-state index is -0.608. The maximum atomic E-state index is 13.7. The summed E-state index contributed by atoms with van der Waals surface area (Å²) in [5, 5.41) is 13.6. The smallest absolute Gasteiger partial charge is 0.311 e. The maximum Gasteiger partial charge on any atom is 0.311 e. The molecule has 0 unspecified atom stereocenters. The van der Waals surface area contributed by atoms with Gasteiger partial charge in [0, 0.05) is 6.07 Å². The monoisotopic (exact) mass is 277 g/mol. The van der Waals surface area contributed by atoms with Crippen LogP contribution < -0.4 is 16.6 Å². The van der Waals surface area contributed by atoms with Crippen molar-refractivity contribution in [1.29, 1.82) is 0 Å². The van der Waals surface area contributed by atoms with Gasteiger partial charge in [-0.05, 0) is 30.7 Å². The lowest BCUT2D eigenvalue weighted by atomic mass is 10.2. The second-order valence-corrected chi connectivity index (χ2v) is 4.07. The van der Waals surface area contributed by atoms with E-state index in [-0.39, 0.29) is 23.0 Å². The number of hydrogen-bond donors (Lipinski definition) is 3. The van der Waals surface area contributed by atoms with Gasteiger partial charge >= 0.3 is 5.69 Å². The number of halogens is 1. The second-order valence-electron chi connectivity index (χ2n) is 4.07. The van der Waals surface area contributed by atoms with Crippen LogP contribution in [0.25, 0.3) is 0 Å². The minimum absolute atomic E-state index is 0.0880. The number of nitrogens with one attached hydrogen (secondary N) is 2. The van der Waals surface area contributed by atoms with Crippen molar-refractivity contribution in [2.24, 2.45) is 5.84 Å². The Morgan fingerprint density at radius 1 is 1.35 bits per heavy atom. The first-order chi connectivity index (χ1) is 9.51. The molecular formula is C12H12FN5O2. The van der Waals surface area contributed by atoms with Gasteiger partial charge in [-0.3, -0.25) is 10.1 Å². The van der Waals surface area contributed by atoms with Gasteiger partial charge in [0.15, 0.2) is 0 Å². The SMILES string of the molecule is Cc1ccc(F)c(Nc2nc(NN)ccc2[N+](=O)[O-])c1. The molecule has 1 heterocycles. The van der Waals surface area contributed by atoms with Gasteiger partial charge < -0.3 is 10.7 Å². The molecule has 0 bridgehead atoms. The van der Waals surface area contributed by atoms with E-state index < -0.39 is 10.7 Å². The number of benzene rings is 1. The molecular weight excluding hydrogens is 265 g/mol. The number of hydrazine groups is 1. The van der Waals surface area contributed by atoms with Gasteiger partial charge in [0.05, 0.1) is 10.6 Å². The van der Waals surface area contributed by atoms with Gasteiger partial charge in [-0.15, -0.1) is 0 Å². The fourth-order valence-corrected chi connectivity index (χ4v) is 1.63. The third kappa shape index (κ3) is 2.81. The van der Waals surface area contributed by atoms with E-state index in [0.29, 0.717) is 0 Å². The summed E-state index contributed by atoms with van der Waals surface area (Å²) in [7, 11) is 0. The Hall–Kier alpha value is -2.74. The number of hydrogen-bond acceptors (Lipinski definition) is 6. The number of nitro groups is 1. The fraction of sp³-hybridized carbons (Fsp3) is 0.0833. The summed E-state index contributed by atoms with van der Waals surface area (Å²) < 4.78 is 13.7. The van der Waals surface area contributed by atoms with Crippen LogP contribution in [0.15, 0.2) is 30.3 Å². The predicted molar refractivity (Wildman–Crippen MR) is 73.1 cm³/mol. The molecule has 2 rings (SSSR count). The van der Waals surface area contributed by atoms with Gasteiger partial charge in [0.25, 0.3) is 0 Å². The zero-order valence-corrected chi connectivity index (χ0v) is 10.6. The Morgan fingerprint density at radius 3 is 2.75 bits per heavy atom. The summed E-state index contributed by atoms with van der Waals surface area (Å²) in [5.41, 5.74) is 2.92. The van der Waals surface area contributed by atoms with Gasteiger partial charge in [-0.2, -0.15) is 0 Å². The number of aromatic nitrogens is 1. The molecule has 0 amide bonds. The summed E-state index contributed by atoms with van der Waals surface area (Å²) in [6, 6.07) is 6.99. The molecule has 1 aromatic heterocycles. The molecule has 104 valence electrons. The van der Waals surface area contributed by atoms with Crippen molar-refractivity contribution in [1.82, 2.24) is 4.98 Å². The van der Waals surface area contributed by atoms with Crippen LogP contribution in [0.5, 0.6) is 0 Å². The Kier molecular flexibility index (Phi) is 3.76. The van der Waals surface area contributed by atoms with Crippen molar-refractivity contribution in [3.05, 3.63) is 51.8 Å². The highest BCUT2D eigenvalue weighted by Gasteiger charge is 2.17. The number of nitrogens with zero attached hydrogens (tertiary/aromatic N) is 2. The molecule has 4 N–H and O–H groups in total. The molecule has 0 spiro atoms. The van der Waals surface area contributed by atoms with Crippen LogP contribution in [-0.4, -0.2) is 9.91 Å². The number of rotatable bonds is 4. The summed E-state index contributed by atoms with van der Waals surface area (Å²) in [6.45, 7) is 1.78. The topological polar surface area (TPSA) is 106 Å². The molecule has 0 saturated heterocycles. The van der Waals surface area contributed by atoms with Gasteiger partial charge in [-0.1, -0.05) is 6.07 Å². The van der Waals surface area contributed by atoms with Crippen molar-refractivity contribution in [2.45, 2.75) is 6.92 Å². The number of pyridine rings is 1. The van der Waals surface area contributed by atoms with Crippen molar-refractivity contribution in [2.75, 3.05) is 10.7 Å². The largest absolute Gasteiger partial charge is 0.332 e. The van der Waals surface area contributed by atoms with E-state index in [1.54, 1.807) is 13.0 Å². The predicted octanol–water partition coefficient (Wildman–Crippen LogP) is 2.47. The van der Waals surface area contributed by atoms with Crippen LogP contribution >= 0.6 is 0 Å². The quantitative estimate of drug-likeness (QED) is 0.450. The van der Waals surface area contributed by atoms with Gasteiger partial charge in [-0.25, -0.2) is 15.2 Å². The lowest BCUT2D eigenvalue weighted by Gasteiger charge is -2.09. The first kappa shape index (κ1) is 13.7. The standard InChI is InChI=1S/C12H12FN5O2/c1-7-2-3-8(13)9(6-7)15-12-10(18(19)20)4-5-11(16-12)17-14/h2-6H,14H2,1H3,(H2,15,16,17). The number of nitrogen functional groups attached to an aromatic ring is 1. The normalized spacial score (nSPS) is 10.2. The van der Waals surface area contributed by atoms with E-state index in [1.807, 2.05) is 0 Å². The zero-order valence-electron chi connectivity index (χ0n) is 10.6. The average molecular weight is 277 g/mol. The maximum absolute atomic E-state index is 13.7. The number of anilines is 3. The molecule has 2 aromatic rings. The molecule has 0 fully saturated rings. The number of nitrogens with two attached hydrogens (primary N) is 1. The molecule has 0 aliphatic carbocycles. The van der Waals surface area contributed by atoms with Crippen LogP contribution in [0, 0.1) is 22.9 Å². The van der Waals surface area contributed by atoms with E-state index in [0.717, 1.165) is 5.56 Å². The van der Waals surface area contributed by atoms with Crippen LogP contribution in [0.4, 0.5) is 27.4 Å². The summed E-state index contributed by atoms with van der Waals surface area (Å²) in [5.74, 6) is 4.82. The van der Waals surface area contributed by atoms with Crippen molar-refractivity contribution < 1.29 is 9.31 Å². The third-order valence-electron chi connectivity index (χ3n) is 2.59. The highest BCUT2D eigenvalue weighted by molar-refractivity contribution is 5.68. The average Bonchev–Trinajstić information content (AvgIpc) is 2.42. The van der Waals surface area contributed by atoms with Crippen LogP contribution in [-0.2, 0) is 0 Å². The molecule has 8 heteroatoms. The Morgan fingerprint density at radius 2 is 2.10 bits per heavy atom. The third-order valence-corrected chi connectivity index (χ3v) is 2.59. The molecule has 1 aromatic carbocycles. The fourth-order valence-electron chi connectivity index (χ4n) is 1.63. The molecule has 7 nitrogen and oxygen atoms in total. The van der Waals surface area contributed by atoms with Crippen LogP contribution in [0.2, 0.25) is 0 Å². The van der Waals surface area contributed by atoms with Gasteiger partial charge in [0.1, 0.15) is 11.6 Å². The molecule has 0 aliphatic rings. The van der Waals surface area contributed by atoms with E-state index in [2.05, 4.69) is 15.7 Å². The number of aryl methyl sites for hydroxylation is 1. The molecule has 0 saturated carbocycles. The van der Waals surface area contributed by atoms with Crippen LogP contribution in [0.3, 0.4) is 0 Å². The first-order valence-electron chi connectivity index (χ1n) is 5.66. The van der Waals surface area contributed by atoms with E-state index >= 15 is 0 Å². The molecule has 0 aliphatic heterocycles. The van der Waals surface area contributed by atoms with Crippen molar-refractivity contribution >= 4 is 23.0 Å². The van der Waals surface area contributed by atoms with Gasteiger partial charge in [0.2, 0.25) is 5.82 Å². The van der Waals surface area contributed by atoms with E-state index in [4.69, 9.17) is 5.84 Å². The summed E-state index contributed by atoms with van der Waals surface area (Å²) in [4.78, 5) is 14.3. The highest BCUT2D eigenvalue weighted by atomic mass is 19.1. The molecule has 0 radical (unpaired) electrons.